The minimum atomic E-state index is -3.73. The molecule has 1 atom stereocenters. The zero-order chi connectivity index (χ0) is 22.4. The van der Waals surface area contributed by atoms with Crippen LogP contribution >= 0.6 is 31.9 Å². The first-order valence-corrected chi connectivity index (χ1v) is 12.4. The molecular weight excluding hydrogens is 548 g/mol. The van der Waals surface area contributed by atoms with Gasteiger partial charge in [0, 0.05) is 14.6 Å². The van der Waals surface area contributed by atoms with Gasteiger partial charge >= 0.3 is 0 Å². The van der Waals surface area contributed by atoms with Crippen LogP contribution in [0, 0.1) is 0 Å². The van der Waals surface area contributed by atoms with E-state index < -0.39 is 10.0 Å². The first kappa shape index (κ1) is 23.3. The van der Waals surface area contributed by atoms with Crippen molar-refractivity contribution in [3.8, 4) is 5.75 Å². The molecule has 0 radical (unpaired) electrons. The maximum absolute atomic E-state index is 12.5. The molecule has 0 aromatic heterocycles. The van der Waals surface area contributed by atoms with Crippen LogP contribution in [0.5, 0.6) is 5.75 Å². The van der Waals surface area contributed by atoms with Gasteiger partial charge in [-0.3, -0.25) is 9.52 Å². The van der Waals surface area contributed by atoms with Crippen LogP contribution in [0.2, 0.25) is 0 Å². The molecule has 0 unspecified atom stereocenters. The van der Waals surface area contributed by atoms with Crippen LogP contribution in [0.25, 0.3) is 0 Å². The van der Waals surface area contributed by atoms with Crippen molar-refractivity contribution < 1.29 is 17.9 Å². The van der Waals surface area contributed by atoms with Crippen LogP contribution in [-0.4, -0.2) is 20.9 Å². The van der Waals surface area contributed by atoms with E-state index in [9.17, 15) is 13.2 Å². The van der Waals surface area contributed by atoms with Crippen LogP contribution in [-0.2, 0) is 14.8 Å². The number of halogens is 2. The third kappa shape index (κ3) is 6.81. The van der Waals surface area contributed by atoms with Gasteiger partial charge in [-0.25, -0.2) is 8.42 Å². The number of ether oxygens (including phenoxy) is 1. The highest BCUT2D eigenvalue weighted by atomic mass is 79.9. The summed E-state index contributed by atoms with van der Waals surface area (Å²) < 4.78 is 34.8. The van der Waals surface area contributed by atoms with Gasteiger partial charge in [0.2, 0.25) is 0 Å². The summed E-state index contributed by atoms with van der Waals surface area (Å²) in [4.78, 5) is 12.3. The molecule has 0 heterocycles. The molecule has 1 amide bonds. The Balaban J connectivity index is 1.55. The smallest absolute Gasteiger partial charge is 0.261 e. The fourth-order valence-corrected chi connectivity index (χ4v) is 4.48. The summed E-state index contributed by atoms with van der Waals surface area (Å²) in [5, 5.41) is 2.87. The topological polar surface area (TPSA) is 84.5 Å². The zero-order valence-corrected chi connectivity index (χ0v) is 20.5. The number of amides is 1. The third-order valence-electron chi connectivity index (χ3n) is 4.33. The lowest BCUT2D eigenvalue weighted by Crippen LogP contribution is -2.31. The Morgan fingerprint density at radius 2 is 1.65 bits per heavy atom. The molecule has 6 nitrogen and oxygen atoms in total. The number of sulfonamides is 1. The van der Waals surface area contributed by atoms with Crippen molar-refractivity contribution >= 4 is 53.5 Å². The van der Waals surface area contributed by atoms with E-state index in [1.165, 1.54) is 24.3 Å². The molecule has 3 rings (SSSR count). The lowest BCUT2D eigenvalue weighted by molar-refractivity contribution is -0.123. The summed E-state index contributed by atoms with van der Waals surface area (Å²) in [5.74, 6) is 0.119. The zero-order valence-electron chi connectivity index (χ0n) is 16.5. The molecule has 0 spiro atoms. The molecule has 2 N–H and O–H groups in total. The summed E-state index contributed by atoms with van der Waals surface area (Å²) in [6, 6.07) is 20.2. The van der Waals surface area contributed by atoms with Gasteiger partial charge < -0.3 is 10.1 Å². The Hall–Kier alpha value is -2.36. The molecule has 3 aromatic rings. The van der Waals surface area contributed by atoms with Crippen LogP contribution in [0.4, 0.5) is 5.69 Å². The van der Waals surface area contributed by atoms with Crippen molar-refractivity contribution in [2.24, 2.45) is 0 Å². The predicted octanol–water partition coefficient (Wildman–Crippen LogP) is 5.27. The van der Waals surface area contributed by atoms with E-state index in [-0.39, 0.29) is 23.5 Å². The summed E-state index contributed by atoms with van der Waals surface area (Å²) in [5.41, 5.74) is 1.43. The lowest BCUT2D eigenvalue weighted by Gasteiger charge is -2.15. The molecular formula is C22H20Br2N2O4S. The van der Waals surface area contributed by atoms with Gasteiger partial charge in [0.1, 0.15) is 5.75 Å². The molecule has 0 bridgehead atoms. The van der Waals surface area contributed by atoms with Crippen LogP contribution in [0.15, 0.2) is 86.6 Å². The van der Waals surface area contributed by atoms with Crippen molar-refractivity contribution in [1.29, 1.82) is 0 Å². The highest BCUT2D eigenvalue weighted by Gasteiger charge is 2.15. The molecule has 3 aromatic carbocycles. The number of carbonyl (C=O) groups is 1. The van der Waals surface area contributed by atoms with E-state index >= 15 is 0 Å². The summed E-state index contributed by atoms with van der Waals surface area (Å²) >= 11 is 6.72. The van der Waals surface area contributed by atoms with Crippen LogP contribution < -0.4 is 14.8 Å². The number of nitrogens with one attached hydrogen (secondary N) is 2. The quantitative estimate of drug-likeness (QED) is 0.388. The second kappa shape index (κ2) is 10.3. The SMILES string of the molecule is C[C@H](NC(=O)COc1ccc(S(=O)(=O)Nc2ccc(Br)cc2)cc1)c1cccc(Br)c1. The average Bonchev–Trinajstić information content (AvgIpc) is 2.74. The molecule has 162 valence electrons. The Kier molecular flexibility index (Phi) is 7.74. The number of rotatable bonds is 8. The Morgan fingerprint density at radius 1 is 0.968 bits per heavy atom. The second-order valence-electron chi connectivity index (χ2n) is 6.72. The molecule has 0 aliphatic carbocycles. The standard InChI is InChI=1S/C22H20Br2N2O4S/c1-15(16-3-2-4-18(24)13-16)25-22(27)14-30-20-9-11-21(12-10-20)31(28,29)26-19-7-5-17(23)6-8-19/h2-13,15,26H,14H2,1H3,(H,25,27)/t15-/m0/s1. The summed E-state index contributed by atoms with van der Waals surface area (Å²) in [7, 11) is -3.73. The predicted molar refractivity (Wildman–Crippen MR) is 128 cm³/mol. The Labute approximate surface area is 198 Å². The monoisotopic (exact) mass is 566 g/mol. The molecule has 0 saturated heterocycles. The molecule has 0 saturated carbocycles. The number of anilines is 1. The van der Waals surface area contributed by atoms with E-state index in [1.54, 1.807) is 24.3 Å². The molecule has 9 heteroatoms. The van der Waals surface area contributed by atoms with Crippen molar-refractivity contribution in [3.63, 3.8) is 0 Å². The largest absolute Gasteiger partial charge is 0.484 e. The van der Waals surface area contributed by atoms with E-state index in [2.05, 4.69) is 41.9 Å². The fraction of sp³-hybridized carbons (Fsp3) is 0.136. The lowest BCUT2D eigenvalue weighted by atomic mass is 10.1. The fourth-order valence-electron chi connectivity index (χ4n) is 2.74. The highest BCUT2D eigenvalue weighted by Crippen LogP contribution is 2.21. The minimum absolute atomic E-state index is 0.0931. The number of hydrogen-bond acceptors (Lipinski definition) is 4. The molecule has 31 heavy (non-hydrogen) atoms. The number of benzene rings is 3. The number of hydrogen-bond donors (Lipinski definition) is 2. The third-order valence-corrected chi connectivity index (χ3v) is 6.75. The second-order valence-corrected chi connectivity index (χ2v) is 10.2. The highest BCUT2D eigenvalue weighted by molar-refractivity contribution is 9.10. The van der Waals surface area contributed by atoms with E-state index in [4.69, 9.17) is 4.74 Å². The number of carbonyl (C=O) groups excluding carboxylic acids is 1. The molecule has 0 aliphatic heterocycles. The Morgan fingerprint density at radius 3 is 2.29 bits per heavy atom. The first-order chi connectivity index (χ1) is 14.7. The summed E-state index contributed by atoms with van der Waals surface area (Å²) in [6.07, 6.45) is 0. The molecule has 0 aliphatic rings. The van der Waals surface area contributed by atoms with Gasteiger partial charge in [0.15, 0.2) is 6.61 Å². The first-order valence-electron chi connectivity index (χ1n) is 9.29. The minimum Gasteiger partial charge on any atom is -0.484 e. The van der Waals surface area contributed by atoms with Gasteiger partial charge in [-0.15, -0.1) is 0 Å². The van der Waals surface area contributed by atoms with Gasteiger partial charge in [-0.1, -0.05) is 44.0 Å². The van der Waals surface area contributed by atoms with Crippen molar-refractivity contribution in [2.45, 2.75) is 17.9 Å². The van der Waals surface area contributed by atoms with E-state index in [0.29, 0.717) is 11.4 Å². The van der Waals surface area contributed by atoms with Crippen molar-refractivity contribution in [3.05, 3.63) is 87.3 Å². The van der Waals surface area contributed by atoms with Crippen LogP contribution in [0.3, 0.4) is 0 Å². The normalized spacial score (nSPS) is 12.1. The summed E-state index contributed by atoms with van der Waals surface area (Å²) in [6.45, 7) is 1.71. The van der Waals surface area contributed by atoms with E-state index in [0.717, 1.165) is 14.5 Å². The van der Waals surface area contributed by atoms with Gasteiger partial charge in [0.05, 0.1) is 10.9 Å². The maximum atomic E-state index is 12.5. The van der Waals surface area contributed by atoms with Crippen molar-refractivity contribution in [2.75, 3.05) is 11.3 Å². The van der Waals surface area contributed by atoms with Gasteiger partial charge in [-0.2, -0.15) is 0 Å². The maximum Gasteiger partial charge on any atom is 0.261 e. The van der Waals surface area contributed by atoms with Crippen molar-refractivity contribution in [1.82, 2.24) is 5.32 Å². The Bertz CT molecular complexity index is 1150. The molecule has 0 fully saturated rings. The van der Waals surface area contributed by atoms with Gasteiger partial charge in [0.25, 0.3) is 15.9 Å². The average molecular weight is 568 g/mol. The van der Waals surface area contributed by atoms with E-state index in [1.807, 2.05) is 31.2 Å². The van der Waals surface area contributed by atoms with Crippen LogP contribution in [0.1, 0.15) is 18.5 Å². The van der Waals surface area contributed by atoms with Gasteiger partial charge in [-0.05, 0) is 73.2 Å².